The molecule has 0 atom stereocenters. The Labute approximate surface area is 97.1 Å². The van der Waals surface area contributed by atoms with Gasteiger partial charge in [0.2, 0.25) is 0 Å². The maximum absolute atomic E-state index is 10.7. The normalized spacial score (nSPS) is 8.71. The zero-order valence-electron chi connectivity index (χ0n) is 8.79. The Morgan fingerprint density at radius 3 is 2.94 bits per heavy atom. The van der Waals surface area contributed by atoms with E-state index in [0.29, 0.717) is 12.0 Å². The van der Waals surface area contributed by atoms with Gasteiger partial charge in [0.05, 0.1) is 0 Å². The van der Waals surface area contributed by atoms with Crippen LogP contribution in [0.1, 0.15) is 22.3 Å². The molecule has 0 aliphatic heterocycles. The van der Waals surface area contributed by atoms with Crippen LogP contribution in [-0.2, 0) is 0 Å². The van der Waals surface area contributed by atoms with E-state index in [1.807, 2.05) is 0 Å². The van der Waals surface area contributed by atoms with Gasteiger partial charge in [0.15, 0.2) is 0 Å². The van der Waals surface area contributed by atoms with Crippen LogP contribution in [0, 0.1) is 11.8 Å². The summed E-state index contributed by atoms with van der Waals surface area (Å²) >= 11 is 0. The summed E-state index contributed by atoms with van der Waals surface area (Å²) in [6.45, 7) is 0.271. The van der Waals surface area contributed by atoms with Crippen LogP contribution in [0.5, 0.6) is 5.75 Å². The van der Waals surface area contributed by atoms with Crippen molar-refractivity contribution in [2.24, 2.45) is 5.11 Å². The molecule has 0 radical (unpaired) electrons. The van der Waals surface area contributed by atoms with Crippen LogP contribution >= 0.6 is 0 Å². The zero-order chi connectivity index (χ0) is 12.7. The molecule has 0 aliphatic carbocycles. The number of carboxylic acid groups (broad SMARTS) is 1. The number of hydrogen-bond acceptors (Lipinski definition) is 3. The lowest BCUT2D eigenvalue weighted by atomic mass is 10.1. The van der Waals surface area contributed by atoms with E-state index < -0.39 is 5.97 Å². The first kappa shape index (κ1) is 12.4. The molecule has 6 nitrogen and oxygen atoms in total. The molecule has 0 amide bonds. The predicted molar refractivity (Wildman–Crippen MR) is 60.6 cm³/mol. The molecule has 0 aromatic heterocycles. The zero-order valence-corrected chi connectivity index (χ0v) is 8.79. The monoisotopic (exact) mass is 231 g/mol. The molecule has 1 rings (SSSR count). The molecule has 0 saturated carbocycles. The van der Waals surface area contributed by atoms with Crippen molar-refractivity contribution in [3.8, 4) is 17.6 Å². The maximum atomic E-state index is 10.7. The molecule has 0 fully saturated rings. The second-order valence-electron chi connectivity index (χ2n) is 3.04. The van der Waals surface area contributed by atoms with Gasteiger partial charge in [-0.05, 0) is 23.7 Å². The van der Waals surface area contributed by atoms with Crippen LogP contribution in [0.4, 0.5) is 0 Å². The molecule has 0 saturated heterocycles. The van der Waals surface area contributed by atoms with E-state index in [-0.39, 0.29) is 17.9 Å². The fourth-order valence-electron chi connectivity index (χ4n) is 1.10. The molecule has 6 heteroatoms. The van der Waals surface area contributed by atoms with Crippen molar-refractivity contribution < 1.29 is 15.0 Å². The van der Waals surface area contributed by atoms with Gasteiger partial charge in [0, 0.05) is 23.4 Å². The summed E-state index contributed by atoms with van der Waals surface area (Å²) in [5.74, 6) is 3.95. The summed E-state index contributed by atoms with van der Waals surface area (Å²) in [6.07, 6.45) is 0.396. The fourth-order valence-corrected chi connectivity index (χ4v) is 1.10. The third-order valence-electron chi connectivity index (χ3n) is 1.86. The Morgan fingerprint density at radius 1 is 1.53 bits per heavy atom. The van der Waals surface area contributed by atoms with Gasteiger partial charge in [-0.25, -0.2) is 4.79 Å². The van der Waals surface area contributed by atoms with E-state index in [9.17, 15) is 9.90 Å². The summed E-state index contributed by atoms with van der Waals surface area (Å²) in [6, 6.07) is 4.08. The van der Waals surface area contributed by atoms with Crippen LogP contribution < -0.4 is 0 Å². The Hall–Kier alpha value is -2.64. The molecule has 0 spiro atoms. The minimum Gasteiger partial charge on any atom is -0.507 e. The Kier molecular flexibility index (Phi) is 4.43. The van der Waals surface area contributed by atoms with Crippen molar-refractivity contribution in [3.63, 3.8) is 0 Å². The van der Waals surface area contributed by atoms with Gasteiger partial charge in [0.1, 0.15) is 11.3 Å². The molecule has 17 heavy (non-hydrogen) atoms. The van der Waals surface area contributed by atoms with E-state index in [4.69, 9.17) is 10.6 Å². The Bertz CT molecular complexity index is 537. The average Bonchev–Trinajstić information content (AvgIpc) is 2.30. The van der Waals surface area contributed by atoms with Crippen molar-refractivity contribution in [2.75, 3.05) is 6.54 Å². The molecule has 2 N–H and O–H groups in total. The highest BCUT2D eigenvalue weighted by Gasteiger charge is 2.08. The lowest BCUT2D eigenvalue weighted by Crippen LogP contribution is -1.97. The van der Waals surface area contributed by atoms with Crippen LogP contribution in [-0.4, -0.2) is 22.7 Å². The molecule has 0 bridgehead atoms. The smallest absolute Gasteiger partial charge is 0.339 e. The molecular weight excluding hydrogens is 222 g/mol. The first-order valence-electron chi connectivity index (χ1n) is 4.71. The number of aromatic carboxylic acids is 1. The van der Waals surface area contributed by atoms with Gasteiger partial charge in [-0.15, -0.1) is 0 Å². The first-order chi connectivity index (χ1) is 8.15. The van der Waals surface area contributed by atoms with E-state index in [1.54, 1.807) is 0 Å². The quantitative estimate of drug-likeness (QED) is 0.273. The van der Waals surface area contributed by atoms with Crippen molar-refractivity contribution in [1.29, 1.82) is 0 Å². The fraction of sp³-hybridized carbons (Fsp3) is 0.182. The summed E-state index contributed by atoms with van der Waals surface area (Å²) in [7, 11) is 0. The number of aromatic hydroxyl groups is 1. The second-order valence-corrected chi connectivity index (χ2v) is 3.04. The number of azide groups is 1. The summed E-state index contributed by atoms with van der Waals surface area (Å²) < 4.78 is 0. The minimum absolute atomic E-state index is 0.188. The lowest BCUT2D eigenvalue weighted by molar-refractivity contribution is 0.0693. The molecule has 0 unspecified atom stereocenters. The second kappa shape index (κ2) is 6.05. The highest BCUT2D eigenvalue weighted by molar-refractivity contribution is 5.91. The highest BCUT2D eigenvalue weighted by atomic mass is 16.4. The lowest BCUT2D eigenvalue weighted by Gasteiger charge is -1.98. The molecule has 1 aromatic rings. The topological polar surface area (TPSA) is 106 Å². The average molecular weight is 231 g/mol. The van der Waals surface area contributed by atoms with E-state index in [0.717, 1.165) is 0 Å². The van der Waals surface area contributed by atoms with Crippen LogP contribution in [0.25, 0.3) is 10.4 Å². The standard InChI is InChI=1S/C11H9N3O3/c12-14-13-6-2-1-3-8-4-5-10(15)9(7-8)11(16)17/h4-5,7,15H,2,6H2,(H,16,17). The number of carboxylic acids is 1. The first-order valence-corrected chi connectivity index (χ1v) is 4.71. The van der Waals surface area contributed by atoms with Gasteiger partial charge >= 0.3 is 5.97 Å². The van der Waals surface area contributed by atoms with Crippen LogP contribution in [0.15, 0.2) is 23.3 Å². The summed E-state index contributed by atoms with van der Waals surface area (Å²) in [5, 5.41) is 21.3. The third kappa shape index (κ3) is 3.78. The number of phenols is 1. The van der Waals surface area contributed by atoms with Crippen molar-refractivity contribution in [3.05, 3.63) is 39.8 Å². The highest BCUT2D eigenvalue weighted by Crippen LogP contribution is 2.17. The SMILES string of the molecule is [N-]=[N+]=NCCC#Cc1ccc(O)c(C(=O)O)c1. The van der Waals surface area contributed by atoms with Gasteiger partial charge in [-0.3, -0.25) is 0 Å². The summed E-state index contributed by atoms with van der Waals surface area (Å²) in [5.41, 5.74) is 8.33. The molecule has 0 heterocycles. The molecule has 1 aromatic carbocycles. The Morgan fingerprint density at radius 2 is 2.29 bits per heavy atom. The number of nitrogens with zero attached hydrogens (tertiary/aromatic N) is 3. The van der Waals surface area contributed by atoms with Crippen molar-refractivity contribution in [1.82, 2.24) is 0 Å². The van der Waals surface area contributed by atoms with Gasteiger partial charge in [-0.1, -0.05) is 17.0 Å². The number of benzene rings is 1. The maximum Gasteiger partial charge on any atom is 0.339 e. The predicted octanol–water partition coefficient (Wildman–Crippen LogP) is 2.14. The van der Waals surface area contributed by atoms with Gasteiger partial charge < -0.3 is 10.2 Å². The molecule has 0 aliphatic rings. The van der Waals surface area contributed by atoms with E-state index >= 15 is 0 Å². The largest absolute Gasteiger partial charge is 0.507 e. The van der Waals surface area contributed by atoms with Crippen molar-refractivity contribution in [2.45, 2.75) is 6.42 Å². The van der Waals surface area contributed by atoms with Gasteiger partial charge in [-0.2, -0.15) is 0 Å². The van der Waals surface area contributed by atoms with E-state index in [2.05, 4.69) is 21.9 Å². The van der Waals surface area contributed by atoms with E-state index in [1.165, 1.54) is 18.2 Å². The van der Waals surface area contributed by atoms with Crippen molar-refractivity contribution >= 4 is 5.97 Å². The number of carbonyl (C=O) groups is 1. The van der Waals surface area contributed by atoms with Crippen LogP contribution in [0.3, 0.4) is 0 Å². The Balaban J connectivity index is 2.82. The number of rotatable bonds is 3. The minimum atomic E-state index is -1.21. The summed E-state index contributed by atoms with van der Waals surface area (Å²) in [4.78, 5) is 13.3. The molecular formula is C11H9N3O3. The molecule has 86 valence electrons. The third-order valence-corrected chi connectivity index (χ3v) is 1.86. The van der Waals surface area contributed by atoms with Crippen LogP contribution in [0.2, 0.25) is 0 Å². The van der Waals surface area contributed by atoms with Gasteiger partial charge in [0.25, 0.3) is 0 Å². The number of hydrogen-bond donors (Lipinski definition) is 2.